The van der Waals surface area contributed by atoms with Gasteiger partial charge in [0, 0.05) is 12.7 Å². The van der Waals surface area contributed by atoms with Gasteiger partial charge >= 0.3 is 5.97 Å². The van der Waals surface area contributed by atoms with Crippen LogP contribution in [0.5, 0.6) is 5.88 Å². The van der Waals surface area contributed by atoms with Crippen LogP contribution in [0.2, 0.25) is 0 Å². The normalized spacial score (nSPS) is 11.4. The van der Waals surface area contributed by atoms with E-state index in [9.17, 15) is 9.90 Å². The number of rotatable bonds is 6. The summed E-state index contributed by atoms with van der Waals surface area (Å²) in [5, 5.41) is 30.3. The van der Waals surface area contributed by atoms with Gasteiger partial charge in [0.1, 0.15) is 11.0 Å². The molecule has 0 spiro atoms. The Morgan fingerprint density at radius 3 is 2.47 bits per heavy atom. The van der Waals surface area contributed by atoms with Gasteiger partial charge in [-0.25, -0.2) is 14.5 Å². The molecule has 0 aliphatic rings. The molecular weight excluding hydrogens is 408 g/mol. The Morgan fingerprint density at radius 1 is 1.00 bits per heavy atom. The van der Waals surface area contributed by atoms with E-state index in [1.807, 2.05) is 0 Å². The molecule has 0 unspecified atom stereocenters. The number of fused-ring (bicyclic) bond motifs is 2. The third-order valence-electron chi connectivity index (χ3n) is 5.48. The molecule has 0 fully saturated rings. The van der Waals surface area contributed by atoms with Gasteiger partial charge in [-0.15, -0.1) is 0 Å². The maximum atomic E-state index is 11.1. The molecule has 2 aromatic carbocycles. The van der Waals surface area contributed by atoms with Crippen LogP contribution in [0.25, 0.3) is 27.8 Å². The highest BCUT2D eigenvalue weighted by Gasteiger charge is 2.16. The number of nitrogens with zero attached hydrogens (tertiary/aromatic N) is 6. The van der Waals surface area contributed by atoms with Crippen LogP contribution >= 0.6 is 0 Å². The Bertz CT molecular complexity index is 1470. The van der Waals surface area contributed by atoms with Crippen molar-refractivity contribution in [3.8, 4) is 11.8 Å². The first-order valence-electron chi connectivity index (χ1n) is 10.2. The monoisotopic (exact) mass is 428 g/mol. The van der Waals surface area contributed by atoms with Gasteiger partial charge < -0.3 is 10.2 Å². The van der Waals surface area contributed by atoms with Crippen LogP contribution in [0, 0.1) is 0 Å². The largest absolute Gasteiger partial charge is 0.492 e. The molecule has 9 heteroatoms. The summed E-state index contributed by atoms with van der Waals surface area (Å²) in [4.78, 5) is 19.5. The lowest BCUT2D eigenvalue weighted by Gasteiger charge is -2.08. The van der Waals surface area contributed by atoms with Crippen molar-refractivity contribution in [2.75, 3.05) is 0 Å². The summed E-state index contributed by atoms with van der Waals surface area (Å²) in [6.45, 7) is 2.69. The number of hydrogen-bond donors (Lipinski definition) is 2. The third kappa shape index (κ3) is 3.53. The Hall–Kier alpha value is -4.27. The van der Waals surface area contributed by atoms with Crippen molar-refractivity contribution in [1.29, 1.82) is 0 Å². The fraction of sp³-hybridized carbons (Fsp3) is 0.174. The Labute approximate surface area is 182 Å². The second kappa shape index (κ2) is 7.77. The number of carbonyl (C=O) groups is 1. The topological polar surface area (TPSA) is 119 Å². The number of carboxylic acid groups (broad SMARTS) is 1. The van der Waals surface area contributed by atoms with E-state index in [0.717, 1.165) is 12.8 Å². The number of aromatic carboxylic acids is 1. The Kier molecular flexibility index (Phi) is 4.78. The lowest BCUT2D eigenvalue weighted by Crippen LogP contribution is -2.06. The molecule has 3 aromatic heterocycles. The van der Waals surface area contributed by atoms with Crippen LogP contribution in [0.15, 0.2) is 55.0 Å². The van der Waals surface area contributed by atoms with Crippen molar-refractivity contribution in [3.05, 3.63) is 71.7 Å². The summed E-state index contributed by atoms with van der Waals surface area (Å²) in [5.41, 5.74) is 3.36. The highest BCUT2D eigenvalue weighted by atomic mass is 16.4. The van der Waals surface area contributed by atoms with Crippen molar-refractivity contribution in [3.63, 3.8) is 0 Å². The summed E-state index contributed by atoms with van der Waals surface area (Å²) >= 11 is 0. The molecule has 0 aliphatic heterocycles. The lowest BCUT2D eigenvalue weighted by molar-refractivity contribution is 0.0697. The molecule has 3 heterocycles. The highest BCUT2D eigenvalue weighted by Crippen LogP contribution is 2.23. The van der Waals surface area contributed by atoms with E-state index in [0.29, 0.717) is 17.6 Å². The third-order valence-corrected chi connectivity index (χ3v) is 5.48. The van der Waals surface area contributed by atoms with E-state index in [-0.39, 0.29) is 17.4 Å². The van der Waals surface area contributed by atoms with Gasteiger partial charge in [-0.2, -0.15) is 15.2 Å². The minimum absolute atomic E-state index is 0.00480. The quantitative estimate of drug-likeness (QED) is 0.425. The minimum Gasteiger partial charge on any atom is -0.492 e. The van der Waals surface area contributed by atoms with Crippen LogP contribution in [-0.2, 0) is 19.4 Å². The average molecular weight is 428 g/mol. The zero-order chi connectivity index (χ0) is 22.2. The van der Waals surface area contributed by atoms with Crippen molar-refractivity contribution in [1.82, 2.24) is 29.5 Å². The first-order valence-corrected chi connectivity index (χ1v) is 10.2. The van der Waals surface area contributed by atoms with Crippen molar-refractivity contribution >= 4 is 27.8 Å². The van der Waals surface area contributed by atoms with Crippen LogP contribution in [0.4, 0.5) is 0 Å². The molecule has 9 nitrogen and oxygen atoms in total. The van der Waals surface area contributed by atoms with E-state index in [2.05, 4.69) is 63.5 Å². The van der Waals surface area contributed by atoms with Crippen LogP contribution in [0.3, 0.4) is 0 Å². The summed E-state index contributed by atoms with van der Waals surface area (Å²) in [7, 11) is 0. The summed E-state index contributed by atoms with van der Waals surface area (Å²) in [6, 6.07) is 12.9. The van der Waals surface area contributed by atoms with Gasteiger partial charge in [-0.3, -0.25) is 4.68 Å². The van der Waals surface area contributed by atoms with Crippen LogP contribution in [0.1, 0.15) is 28.4 Å². The number of aryl methyl sites for hydroxylation is 3. The molecule has 0 bridgehead atoms. The maximum absolute atomic E-state index is 11.1. The van der Waals surface area contributed by atoms with E-state index in [4.69, 9.17) is 5.11 Å². The minimum atomic E-state index is -1.10. The van der Waals surface area contributed by atoms with E-state index >= 15 is 0 Å². The van der Waals surface area contributed by atoms with Gasteiger partial charge in [-0.05, 0) is 34.7 Å². The van der Waals surface area contributed by atoms with Crippen molar-refractivity contribution in [2.45, 2.75) is 26.3 Å². The Balaban J connectivity index is 1.40. The summed E-state index contributed by atoms with van der Waals surface area (Å²) in [5.74, 6) is -1.27. The highest BCUT2D eigenvalue weighted by molar-refractivity contribution is 5.87. The second-order valence-electron chi connectivity index (χ2n) is 7.55. The zero-order valence-electron chi connectivity index (χ0n) is 17.3. The van der Waals surface area contributed by atoms with E-state index in [1.54, 1.807) is 10.9 Å². The van der Waals surface area contributed by atoms with Crippen molar-refractivity contribution in [2.24, 2.45) is 0 Å². The molecule has 0 amide bonds. The van der Waals surface area contributed by atoms with Gasteiger partial charge in [0.05, 0.1) is 18.0 Å². The number of hydrogen-bond acceptors (Lipinski definition) is 6. The molecule has 5 aromatic rings. The smallest absolute Gasteiger partial charge is 0.338 e. The second-order valence-corrected chi connectivity index (χ2v) is 7.55. The van der Waals surface area contributed by atoms with E-state index in [1.165, 1.54) is 39.0 Å². The standard InChI is InChI=1S/C23H20N6O3/c1-2-14-3-5-17-10-15(4-6-16(17)9-14)7-8-28-20-19(12-25-28)26-23(27-21(20)30)29-13-18(11-24-29)22(31)32/h3-6,9-13H,2,7-8H2,1H3,(H,31,32)(H,26,27,30). The molecule has 5 rings (SSSR count). The van der Waals surface area contributed by atoms with Gasteiger partial charge in [0.2, 0.25) is 5.88 Å². The van der Waals surface area contributed by atoms with Gasteiger partial charge in [0.25, 0.3) is 5.95 Å². The molecule has 0 atom stereocenters. The fourth-order valence-corrected chi connectivity index (χ4v) is 3.74. The molecule has 0 saturated heterocycles. The molecule has 0 radical (unpaired) electrons. The predicted octanol–water partition coefficient (Wildman–Crippen LogP) is 3.37. The van der Waals surface area contributed by atoms with Crippen LogP contribution in [-0.4, -0.2) is 45.7 Å². The molecule has 0 aliphatic carbocycles. The molecule has 32 heavy (non-hydrogen) atoms. The maximum Gasteiger partial charge on any atom is 0.338 e. The summed E-state index contributed by atoms with van der Waals surface area (Å²) in [6.07, 6.45) is 5.77. The molecule has 160 valence electrons. The van der Waals surface area contributed by atoms with Gasteiger partial charge in [-0.1, -0.05) is 43.3 Å². The zero-order valence-corrected chi connectivity index (χ0v) is 17.3. The summed E-state index contributed by atoms with van der Waals surface area (Å²) < 4.78 is 2.88. The van der Waals surface area contributed by atoms with Gasteiger partial charge in [0.15, 0.2) is 0 Å². The first-order chi connectivity index (χ1) is 15.5. The number of benzene rings is 2. The Morgan fingerprint density at radius 2 is 1.75 bits per heavy atom. The number of carboxylic acids is 1. The SMILES string of the molecule is CCc1ccc2cc(CCn3ncc4nc(-n5cc(C(=O)O)cn5)nc(O)c43)ccc2c1. The number of aromatic nitrogens is 6. The fourth-order valence-electron chi connectivity index (χ4n) is 3.74. The predicted molar refractivity (Wildman–Crippen MR) is 118 cm³/mol. The number of aromatic hydroxyl groups is 1. The molecule has 0 saturated carbocycles. The van der Waals surface area contributed by atoms with Crippen molar-refractivity contribution < 1.29 is 15.0 Å². The first kappa shape index (κ1) is 19.7. The molecular formula is C23H20N6O3. The average Bonchev–Trinajstić information content (AvgIpc) is 3.45. The van der Waals surface area contributed by atoms with Crippen LogP contribution < -0.4 is 0 Å². The molecule has 2 N–H and O–H groups in total. The van der Waals surface area contributed by atoms with E-state index < -0.39 is 5.97 Å². The lowest BCUT2D eigenvalue weighted by atomic mass is 10.0.